The molecular formula is C19H16ClF3O3. The van der Waals surface area contributed by atoms with Crippen molar-refractivity contribution in [1.82, 2.24) is 0 Å². The van der Waals surface area contributed by atoms with Crippen molar-refractivity contribution < 1.29 is 27.8 Å². The van der Waals surface area contributed by atoms with E-state index in [1.165, 1.54) is 12.1 Å². The lowest BCUT2D eigenvalue weighted by atomic mass is 9.95. The Morgan fingerprint density at radius 1 is 1.19 bits per heavy atom. The first kappa shape index (κ1) is 19.8. The van der Waals surface area contributed by atoms with Crippen LogP contribution >= 0.6 is 11.6 Å². The Hall–Kier alpha value is -2.47. The molecule has 7 heteroatoms. The van der Waals surface area contributed by atoms with Crippen LogP contribution in [0.2, 0.25) is 5.02 Å². The average Bonchev–Trinajstić information content (AvgIpc) is 2.61. The Bertz CT molecular complexity index is 830. The van der Waals surface area contributed by atoms with Crippen molar-refractivity contribution in [3.05, 3.63) is 58.6 Å². The number of fused-ring (bicyclic) bond motifs is 1. The molecular weight excluding hydrogens is 369 g/mol. The highest BCUT2D eigenvalue weighted by Crippen LogP contribution is 2.41. The van der Waals surface area contributed by atoms with Crippen LogP contribution in [0.15, 0.2) is 48.0 Å². The van der Waals surface area contributed by atoms with Gasteiger partial charge >= 0.3 is 5.97 Å². The maximum Gasteiger partial charge on any atom is 0.335 e. The molecule has 0 fully saturated rings. The van der Waals surface area contributed by atoms with Gasteiger partial charge in [0.25, 0.3) is 5.92 Å². The van der Waals surface area contributed by atoms with Gasteiger partial charge < -0.3 is 9.84 Å². The van der Waals surface area contributed by atoms with Crippen LogP contribution in [0.1, 0.15) is 12.5 Å². The molecule has 3 nitrogen and oxygen atoms in total. The summed E-state index contributed by atoms with van der Waals surface area (Å²) in [4.78, 5) is 11.3. The highest BCUT2D eigenvalue weighted by atomic mass is 35.5. The summed E-state index contributed by atoms with van der Waals surface area (Å²) in [6, 6.07) is 12.3. The maximum absolute atomic E-state index is 13.8. The van der Waals surface area contributed by atoms with Gasteiger partial charge in [-0.2, -0.15) is 0 Å². The number of hydrogen-bond acceptors (Lipinski definition) is 2. The van der Waals surface area contributed by atoms with Crippen LogP contribution in [-0.2, 0) is 4.79 Å². The second kappa shape index (κ2) is 7.83. The summed E-state index contributed by atoms with van der Waals surface area (Å²) in [6.07, 6.45) is -0.670. The van der Waals surface area contributed by atoms with E-state index in [-0.39, 0.29) is 5.75 Å². The molecule has 0 radical (unpaired) electrons. The predicted molar refractivity (Wildman–Crippen MR) is 94.6 cm³/mol. The van der Waals surface area contributed by atoms with Crippen molar-refractivity contribution in [2.75, 3.05) is 7.18 Å². The van der Waals surface area contributed by atoms with Gasteiger partial charge in [0.1, 0.15) is 5.75 Å². The van der Waals surface area contributed by atoms with Gasteiger partial charge in [-0.25, -0.2) is 13.6 Å². The smallest absolute Gasteiger partial charge is 0.335 e. The molecule has 1 aliphatic heterocycles. The van der Waals surface area contributed by atoms with Crippen LogP contribution in [0, 0.1) is 0 Å². The molecule has 2 aromatic rings. The molecule has 1 aliphatic rings. The number of alkyl halides is 3. The van der Waals surface area contributed by atoms with E-state index in [2.05, 4.69) is 0 Å². The second-order valence-electron chi connectivity index (χ2n) is 5.59. The van der Waals surface area contributed by atoms with Gasteiger partial charge in [-0.05, 0) is 23.8 Å². The van der Waals surface area contributed by atoms with Crippen LogP contribution in [-0.4, -0.2) is 30.3 Å². The van der Waals surface area contributed by atoms with Crippen molar-refractivity contribution in [2.24, 2.45) is 0 Å². The number of ether oxygens (including phenoxy) is 1. The summed E-state index contributed by atoms with van der Waals surface area (Å²) in [6.45, 7) is 0.632. The third kappa shape index (κ3) is 4.02. The SMILES string of the molecule is CC(F)(F)C1Oc2cc(-c3ccccc3)c(Cl)cc2C=C1C(=O)O.CF. The van der Waals surface area contributed by atoms with E-state index < -0.39 is 23.6 Å². The van der Waals surface area contributed by atoms with Gasteiger partial charge in [-0.1, -0.05) is 41.9 Å². The highest BCUT2D eigenvalue weighted by Gasteiger charge is 2.44. The van der Waals surface area contributed by atoms with Gasteiger partial charge in [0.05, 0.1) is 12.8 Å². The van der Waals surface area contributed by atoms with E-state index in [1.807, 2.05) is 30.3 Å². The van der Waals surface area contributed by atoms with E-state index in [1.54, 1.807) is 6.07 Å². The zero-order chi connectivity index (χ0) is 19.5. The van der Waals surface area contributed by atoms with Gasteiger partial charge in [-0.3, -0.25) is 4.39 Å². The summed E-state index contributed by atoms with van der Waals surface area (Å²) < 4.78 is 42.3. The lowest BCUT2D eigenvalue weighted by molar-refractivity contribution is -0.137. The van der Waals surface area contributed by atoms with Crippen LogP contribution in [0.25, 0.3) is 17.2 Å². The third-order valence-corrected chi connectivity index (χ3v) is 4.04. The summed E-state index contributed by atoms with van der Waals surface area (Å²) in [5.41, 5.74) is 1.29. The Labute approximate surface area is 153 Å². The fraction of sp³-hybridized carbons (Fsp3) is 0.211. The first-order valence-electron chi connectivity index (χ1n) is 7.53. The lowest BCUT2D eigenvalue weighted by Gasteiger charge is -2.29. The second-order valence-corrected chi connectivity index (χ2v) is 6.00. The number of hydrogen-bond donors (Lipinski definition) is 1. The van der Waals surface area contributed by atoms with Gasteiger partial charge in [0, 0.05) is 23.1 Å². The van der Waals surface area contributed by atoms with Crippen molar-refractivity contribution in [1.29, 1.82) is 0 Å². The molecule has 1 atom stereocenters. The number of aliphatic carboxylic acids is 1. The summed E-state index contributed by atoms with van der Waals surface area (Å²) in [7, 11) is 0.500. The van der Waals surface area contributed by atoms with E-state index in [0.717, 1.165) is 5.56 Å². The largest absolute Gasteiger partial charge is 0.478 e. The zero-order valence-electron chi connectivity index (χ0n) is 14.0. The summed E-state index contributed by atoms with van der Waals surface area (Å²) >= 11 is 6.27. The molecule has 0 bridgehead atoms. The Kier molecular flexibility index (Phi) is 5.97. The fourth-order valence-electron chi connectivity index (χ4n) is 2.61. The number of benzene rings is 2. The summed E-state index contributed by atoms with van der Waals surface area (Å²) in [5.74, 6) is -4.61. The number of halogens is 4. The molecule has 0 aromatic heterocycles. The first-order valence-corrected chi connectivity index (χ1v) is 7.91. The molecule has 26 heavy (non-hydrogen) atoms. The Morgan fingerprint density at radius 2 is 1.81 bits per heavy atom. The molecule has 1 unspecified atom stereocenters. The van der Waals surface area contributed by atoms with E-state index >= 15 is 0 Å². The van der Waals surface area contributed by atoms with Crippen LogP contribution in [0.3, 0.4) is 0 Å². The molecule has 138 valence electrons. The van der Waals surface area contributed by atoms with Crippen LogP contribution in [0.5, 0.6) is 5.75 Å². The van der Waals surface area contributed by atoms with Crippen molar-refractivity contribution >= 4 is 23.6 Å². The van der Waals surface area contributed by atoms with E-state index in [4.69, 9.17) is 16.3 Å². The standard InChI is InChI=1S/C18H13ClF2O3.CH3F/c1-18(20,21)16-13(17(22)23)7-11-8-14(19)12(9-15(11)24-16)10-5-3-2-4-6-10;1-2/h2-9,16H,1H3,(H,22,23);1H3. The van der Waals surface area contributed by atoms with Crippen molar-refractivity contribution in [3.8, 4) is 16.9 Å². The average molecular weight is 385 g/mol. The molecule has 0 saturated heterocycles. The topological polar surface area (TPSA) is 46.5 Å². The number of rotatable bonds is 3. The molecule has 0 spiro atoms. The van der Waals surface area contributed by atoms with E-state index in [0.29, 0.717) is 30.3 Å². The quantitative estimate of drug-likeness (QED) is 0.762. The normalized spacial score (nSPS) is 15.8. The minimum absolute atomic E-state index is 0.176. The van der Waals surface area contributed by atoms with E-state index in [9.17, 15) is 23.1 Å². The lowest BCUT2D eigenvalue weighted by Crippen LogP contribution is -2.41. The molecule has 3 rings (SSSR count). The molecule has 1 heterocycles. The van der Waals surface area contributed by atoms with Crippen LogP contribution < -0.4 is 4.74 Å². The number of carboxylic acids is 1. The van der Waals surface area contributed by atoms with Crippen LogP contribution in [0.4, 0.5) is 13.2 Å². The van der Waals surface area contributed by atoms with Gasteiger partial charge in [0.15, 0.2) is 6.10 Å². The molecule has 0 saturated carbocycles. The molecule has 0 amide bonds. The molecule has 2 aromatic carbocycles. The van der Waals surface area contributed by atoms with Gasteiger partial charge in [-0.15, -0.1) is 0 Å². The highest BCUT2D eigenvalue weighted by molar-refractivity contribution is 6.33. The third-order valence-electron chi connectivity index (χ3n) is 3.73. The number of carboxylic acid groups (broad SMARTS) is 1. The Balaban J connectivity index is 0.00000117. The maximum atomic E-state index is 13.8. The first-order chi connectivity index (χ1) is 12.3. The van der Waals surface area contributed by atoms with Crippen molar-refractivity contribution in [3.63, 3.8) is 0 Å². The minimum atomic E-state index is -3.34. The zero-order valence-corrected chi connectivity index (χ0v) is 14.7. The molecule has 0 aliphatic carbocycles. The monoisotopic (exact) mass is 384 g/mol. The minimum Gasteiger partial charge on any atom is -0.478 e. The predicted octanol–water partition coefficient (Wildman–Crippen LogP) is 5.48. The number of carbonyl (C=O) groups is 1. The van der Waals surface area contributed by atoms with Crippen molar-refractivity contribution in [2.45, 2.75) is 19.0 Å². The Morgan fingerprint density at radius 3 is 2.35 bits per heavy atom. The molecule has 1 N–H and O–H groups in total. The van der Waals surface area contributed by atoms with Gasteiger partial charge in [0.2, 0.25) is 0 Å². The summed E-state index contributed by atoms with van der Waals surface area (Å²) in [5, 5.41) is 9.57. The fourth-order valence-corrected chi connectivity index (χ4v) is 2.89.